The summed E-state index contributed by atoms with van der Waals surface area (Å²) in [6, 6.07) is 5.95. The van der Waals surface area contributed by atoms with E-state index in [0.717, 1.165) is 23.2 Å². The number of hydrogen-bond donors (Lipinski definition) is 0. The van der Waals surface area contributed by atoms with Crippen LogP contribution >= 0.6 is 0 Å². The summed E-state index contributed by atoms with van der Waals surface area (Å²) >= 11 is 0. The Kier molecular flexibility index (Phi) is 6.23. The van der Waals surface area contributed by atoms with Crippen molar-refractivity contribution in [3.63, 3.8) is 0 Å². The lowest BCUT2D eigenvalue weighted by Crippen LogP contribution is -1.85. The van der Waals surface area contributed by atoms with Gasteiger partial charge in [-0.2, -0.15) is 0 Å². The fourth-order valence-corrected chi connectivity index (χ4v) is 1.53. The van der Waals surface area contributed by atoms with Crippen LogP contribution in [0.4, 0.5) is 0 Å². The van der Waals surface area contributed by atoms with Crippen molar-refractivity contribution in [2.45, 2.75) is 20.3 Å². The molecule has 0 spiro atoms. The van der Waals surface area contributed by atoms with Gasteiger partial charge in [-0.25, -0.2) is 0 Å². The smallest absolute Gasteiger partial charge is 0.0406 e. The van der Waals surface area contributed by atoms with Gasteiger partial charge in [-0.1, -0.05) is 32.2 Å². The van der Waals surface area contributed by atoms with E-state index in [4.69, 9.17) is 0 Å². The Morgan fingerprint density at radius 3 is 2.47 bits per heavy atom. The van der Waals surface area contributed by atoms with E-state index in [0.29, 0.717) is 0 Å². The molecule has 0 fully saturated rings. The fraction of sp³-hybridized carbons (Fsp3) is 0.176. The molecule has 0 aliphatic rings. The third kappa shape index (κ3) is 4.88. The topological polar surface area (TPSA) is 25.8 Å². The van der Waals surface area contributed by atoms with Crippen molar-refractivity contribution in [2.75, 3.05) is 0 Å². The molecule has 0 aromatic carbocycles. The van der Waals surface area contributed by atoms with Crippen molar-refractivity contribution in [1.82, 2.24) is 9.97 Å². The molecule has 19 heavy (non-hydrogen) atoms. The van der Waals surface area contributed by atoms with Gasteiger partial charge in [-0.05, 0) is 48.2 Å². The van der Waals surface area contributed by atoms with E-state index < -0.39 is 0 Å². The largest absolute Gasteiger partial charge is 0.264 e. The van der Waals surface area contributed by atoms with Gasteiger partial charge in [0.25, 0.3) is 0 Å². The molecule has 0 saturated heterocycles. The molecule has 0 N–H and O–H groups in total. The van der Waals surface area contributed by atoms with Crippen LogP contribution in [0.25, 0.3) is 12.2 Å². The number of hydrogen-bond acceptors (Lipinski definition) is 2. The molecule has 0 unspecified atom stereocenters. The molecule has 0 aliphatic carbocycles. The SMILES string of the molecule is C=Cc1ccnc(CC)c1.C=Cc1ccncc1C. The normalized spacial score (nSPS) is 9.16. The first-order valence-electron chi connectivity index (χ1n) is 6.31. The minimum Gasteiger partial charge on any atom is -0.264 e. The quantitative estimate of drug-likeness (QED) is 0.813. The average molecular weight is 252 g/mol. The summed E-state index contributed by atoms with van der Waals surface area (Å²) in [4.78, 5) is 8.10. The summed E-state index contributed by atoms with van der Waals surface area (Å²) in [6.07, 6.45) is 10.1. The van der Waals surface area contributed by atoms with Crippen molar-refractivity contribution >= 4 is 12.2 Å². The molecule has 0 amide bonds. The summed E-state index contributed by atoms with van der Waals surface area (Å²) in [7, 11) is 0. The van der Waals surface area contributed by atoms with Crippen LogP contribution in [-0.2, 0) is 6.42 Å². The van der Waals surface area contributed by atoms with Gasteiger partial charge in [0.1, 0.15) is 0 Å². The maximum atomic E-state index is 4.16. The number of pyridine rings is 2. The van der Waals surface area contributed by atoms with Crippen LogP contribution in [0, 0.1) is 6.92 Å². The molecule has 0 bridgehead atoms. The molecule has 2 heterocycles. The Bertz CT molecular complexity index is 544. The van der Waals surface area contributed by atoms with E-state index in [1.54, 1.807) is 6.20 Å². The number of rotatable bonds is 3. The van der Waals surface area contributed by atoms with Crippen LogP contribution in [0.5, 0.6) is 0 Å². The highest BCUT2D eigenvalue weighted by atomic mass is 14.7. The number of aryl methyl sites for hydroxylation is 2. The summed E-state index contributed by atoms with van der Waals surface area (Å²) in [5, 5.41) is 0. The van der Waals surface area contributed by atoms with E-state index >= 15 is 0 Å². The molecular weight excluding hydrogens is 232 g/mol. The molecule has 0 aliphatic heterocycles. The summed E-state index contributed by atoms with van der Waals surface area (Å²) in [5.41, 5.74) is 4.60. The highest BCUT2D eigenvalue weighted by molar-refractivity contribution is 5.49. The van der Waals surface area contributed by atoms with Gasteiger partial charge in [-0.15, -0.1) is 0 Å². The van der Waals surface area contributed by atoms with Crippen LogP contribution in [0.2, 0.25) is 0 Å². The Morgan fingerprint density at radius 2 is 1.95 bits per heavy atom. The highest BCUT2D eigenvalue weighted by Gasteiger charge is 1.89. The number of nitrogens with zero attached hydrogens (tertiary/aromatic N) is 2. The second-order valence-electron chi connectivity index (χ2n) is 4.07. The molecule has 2 aromatic heterocycles. The van der Waals surface area contributed by atoms with Gasteiger partial charge in [0.2, 0.25) is 0 Å². The van der Waals surface area contributed by atoms with Gasteiger partial charge in [-0.3, -0.25) is 9.97 Å². The zero-order valence-corrected chi connectivity index (χ0v) is 11.6. The Labute approximate surface area is 115 Å². The first-order valence-corrected chi connectivity index (χ1v) is 6.31. The van der Waals surface area contributed by atoms with Crippen LogP contribution in [0.3, 0.4) is 0 Å². The lowest BCUT2D eigenvalue weighted by molar-refractivity contribution is 1.03. The molecule has 2 nitrogen and oxygen atoms in total. The maximum Gasteiger partial charge on any atom is 0.0406 e. The predicted molar refractivity (Wildman–Crippen MR) is 82.8 cm³/mol. The Balaban J connectivity index is 0.000000191. The lowest BCUT2D eigenvalue weighted by atomic mass is 10.2. The summed E-state index contributed by atoms with van der Waals surface area (Å²) in [5.74, 6) is 0. The van der Waals surface area contributed by atoms with Gasteiger partial charge < -0.3 is 0 Å². The highest BCUT2D eigenvalue weighted by Crippen LogP contribution is 2.04. The first kappa shape index (κ1) is 14.8. The van der Waals surface area contributed by atoms with Crippen molar-refractivity contribution in [1.29, 1.82) is 0 Å². The molecule has 2 rings (SSSR count). The molecule has 0 radical (unpaired) electrons. The first-order chi connectivity index (χ1) is 9.21. The lowest BCUT2D eigenvalue weighted by Gasteiger charge is -1.95. The van der Waals surface area contributed by atoms with Crippen LogP contribution in [-0.4, -0.2) is 9.97 Å². The number of aromatic nitrogens is 2. The third-order valence-electron chi connectivity index (χ3n) is 2.72. The maximum absolute atomic E-state index is 4.16. The second kappa shape index (κ2) is 7.98. The van der Waals surface area contributed by atoms with E-state index in [9.17, 15) is 0 Å². The molecule has 2 heteroatoms. The van der Waals surface area contributed by atoms with Crippen molar-refractivity contribution in [3.05, 3.63) is 72.3 Å². The molecule has 98 valence electrons. The van der Waals surface area contributed by atoms with Crippen molar-refractivity contribution in [3.8, 4) is 0 Å². The third-order valence-corrected chi connectivity index (χ3v) is 2.72. The predicted octanol–water partition coefficient (Wildman–Crippen LogP) is 4.32. The van der Waals surface area contributed by atoms with Gasteiger partial charge >= 0.3 is 0 Å². The van der Waals surface area contributed by atoms with E-state index in [1.807, 2.05) is 49.7 Å². The van der Waals surface area contributed by atoms with Gasteiger partial charge in [0.05, 0.1) is 0 Å². The average Bonchev–Trinajstić information content (AvgIpc) is 2.48. The zero-order valence-electron chi connectivity index (χ0n) is 11.6. The molecule has 0 saturated carbocycles. The minimum absolute atomic E-state index is 0.988. The van der Waals surface area contributed by atoms with Crippen LogP contribution in [0.1, 0.15) is 29.3 Å². The minimum atomic E-state index is 0.988. The van der Waals surface area contributed by atoms with Gasteiger partial charge in [0, 0.05) is 24.3 Å². The second-order valence-corrected chi connectivity index (χ2v) is 4.07. The molecule has 0 atom stereocenters. The summed E-state index contributed by atoms with van der Waals surface area (Å²) in [6.45, 7) is 11.5. The van der Waals surface area contributed by atoms with E-state index in [-0.39, 0.29) is 0 Å². The van der Waals surface area contributed by atoms with Crippen LogP contribution in [0.15, 0.2) is 49.9 Å². The van der Waals surface area contributed by atoms with Crippen molar-refractivity contribution in [2.24, 2.45) is 0 Å². The van der Waals surface area contributed by atoms with Crippen LogP contribution < -0.4 is 0 Å². The monoisotopic (exact) mass is 252 g/mol. The van der Waals surface area contributed by atoms with E-state index in [1.165, 1.54) is 5.56 Å². The Morgan fingerprint density at radius 1 is 1.16 bits per heavy atom. The molecular formula is C17H20N2. The zero-order chi connectivity index (χ0) is 14.1. The van der Waals surface area contributed by atoms with E-state index in [2.05, 4.69) is 30.0 Å². The van der Waals surface area contributed by atoms with Gasteiger partial charge in [0.15, 0.2) is 0 Å². The fourth-order valence-electron chi connectivity index (χ4n) is 1.53. The summed E-state index contributed by atoms with van der Waals surface area (Å²) < 4.78 is 0. The Hall–Kier alpha value is -2.22. The standard InChI is InChI=1S/C9H11N.C8H9N/c1-3-8-5-6-10-9(4-2)7-8;1-3-8-4-5-9-6-7(8)2/h3,5-7H,1,4H2,2H3;3-6H,1H2,2H3. The molecule has 2 aromatic rings. The van der Waals surface area contributed by atoms with Crippen molar-refractivity contribution < 1.29 is 0 Å².